The highest BCUT2D eigenvalue weighted by molar-refractivity contribution is 4.88. The van der Waals surface area contributed by atoms with E-state index in [1.165, 1.54) is 25.7 Å². The second-order valence-electron chi connectivity index (χ2n) is 4.27. The lowest BCUT2D eigenvalue weighted by atomic mass is 9.91. The van der Waals surface area contributed by atoms with Crippen molar-refractivity contribution >= 4 is 0 Å². The fraction of sp³-hybridized carbons (Fsp3) is 1.00. The molecule has 1 aliphatic carbocycles. The molecule has 1 fully saturated rings. The van der Waals surface area contributed by atoms with Crippen molar-refractivity contribution in [2.75, 3.05) is 26.9 Å². The van der Waals surface area contributed by atoms with E-state index >= 15 is 0 Å². The molecule has 84 valence electrons. The topological polar surface area (TPSA) is 41.5 Å². The number of aliphatic hydroxyl groups excluding tert-OH is 1. The Morgan fingerprint density at radius 1 is 1.21 bits per heavy atom. The Labute approximate surface area is 86.8 Å². The van der Waals surface area contributed by atoms with Gasteiger partial charge in [0.15, 0.2) is 0 Å². The summed E-state index contributed by atoms with van der Waals surface area (Å²) >= 11 is 0. The van der Waals surface area contributed by atoms with Crippen molar-refractivity contribution in [3.8, 4) is 0 Å². The molecule has 3 nitrogen and oxygen atoms in total. The van der Waals surface area contributed by atoms with Gasteiger partial charge in [-0.25, -0.2) is 0 Å². The highest BCUT2D eigenvalue weighted by Crippen LogP contribution is 2.26. The van der Waals surface area contributed by atoms with E-state index in [2.05, 4.69) is 5.32 Å². The number of hydrogen-bond donors (Lipinski definition) is 2. The smallest absolute Gasteiger partial charge is 0.0613 e. The highest BCUT2D eigenvalue weighted by atomic mass is 16.5. The third-order valence-corrected chi connectivity index (χ3v) is 3.17. The molecule has 1 saturated carbocycles. The van der Waals surface area contributed by atoms with Gasteiger partial charge in [-0.2, -0.15) is 0 Å². The third-order valence-electron chi connectivity index (χ3n) is 3.17. The molecule has 0 spiro atoms. The summed E-state index contributed by atoms with van der Waals surface area (Å²) in [4.78, 5) is 0. The van der Waals surface area contributed by atoms with Crippen LogP contribution in [-0.2, 0) is 4.74 Å². The molecule has 0 atom stereocenters. The first-order valence-corrected chi connectivity index (χ1v) is 5.68. The van der Waals surface area contributed by atoms with E-state index in [-0.39, 0.29) is 12.1 Å². The molecule has 3 heteroatoms. The Bertz CT molecular complexity index is 142. The Hall–Kier alpha value is -0.120. The minimum Gasteiger partial charge on any atom is -0.394 e. The van der Waals surface area contributed by atoms with E-state index in [9.17, 15) is 5.11 Å². The SMILES string of the molecule is COCCNC1(CO)CCCCCC1. The van der Waals surface area contributed by atoms with Gasteiger partial charge in [0.25, 0.3) is 0 Å². The van der Waals surface area contributed by atoms with Crippen LogP contribution < -0.4 is 5.32 Å². The molecule has 14 heavy (non-hydrogen) atoms. The monoisotopic (exact) mass is 201 g/mol. The maximum atomic E-state index is 9.46. The summed E-state index contributed by atoms with van der Waals surface area (Å²) in [5, 5.41) is 12.9. The van der Waals surface area contributed by atoms with Gasteiger partial charge < -0.3 is 15.2 Å². The fourth-order valence-electron chi connectivity index (χ4n) is 2.21. The summed E-state index contributed by atoms with van der Waals surface area (Å²) in [6, 6.07) is 0. The first-order chi connectivity index (χ1) is 6.83. The molecular formula is C11H23NO2. The van der Waals surface area contributed by atoms with Crippen LogP contribution in [0.3, 0.4) is 0 Å². The summed E-state index contributed by atoms with van der Waals surface area (Å²) in [6.45, 7) is 1.83. The molecule has 0 heterocycles. The van der Waals surface area contributed by atoms with Gasteiger partial charge in [0.05, 0.1) is 13.2 Å². The number of hydrogen-bond acceptors (Lipinski definition) is 3. The van der Waals surface area contributed by atoms with Crippen LogP contribution in [0.15, 0.2) is 0 Å². The molecule has 1 aliphatic rings. The van der Waals surface area contributed by atoms with Crippen molar-refractivity contribution in [3.05, 3.63) is 0 Å². The van der Waals surface area contributed by atoms with E-state index < -0.39 is 0 Å². The van der Waals surface area contributed by atoms with Crippen LogP contribution in [0, 0.1) is 0 Å². The molecule has 0 unspecified atom stereocenters. The molecular weight excluding hydrogens is 178 g/mol. The first-order valence-electron chi connectivity index (χ1n) is 5.68. The average molecular weight is 201 g/mol. The van der Waals surface area contributed by atoms with E-state index in [4.69, 9.17) is 4.74 Å². The zero-order valence-electron chi connectivity index (χ0n) is 9.22. The van der Waals surface area contributed by atoms with Crippen LogP contribution in [0.25, 0.3) is 0 Å². The molecule has 0 aromatic rings. The third kappa shape index (κ3) is 3.56. The number of rotatable bonds is 5. The maximum absolute atomic E-state index is 9.46. The molecule has 2 N–H and O–H groups in total. The lowest BCUT2D eigenvalue weighted by molar-refractivity contribution is 0.125. The van der Waals surface area contributed by atoms with Crippen molar-refractivity contribution in [1.82, 2.24) is 5.32 Å². The summed E-state index contributed by atoms with van der Waals surface area (Å²) in [6.07, 6.45) is 7.31. The molecule has 1 rings (SSSR count). The van der Waals surface area contributed by atoms with Crippen molar-refractivity contribution in [3.63, 3.8) is 0 Å². The van der Waals surface area contributed by atoms with Crippen molar-refractivity contribution in [2.45, 2.75) is 44.1 Å². The Kier molecular flexibility index (Phi) is 5.45. The molecule has 0 saturated heterocycles. The van der Waals surface area contributed by atoms with Crippen LogP contribution in [0.1, 0.15) is 38.5 Å². The van der Waals surface area contributed by atoms with Crippen molar-refractivity contribution in [2.24, 2.45) is 0 Å². The van der Waals surface area contributed by atoms with Crippen molar-refractivity contribution in [1.29, 1.82) is 0 Å². The van der Waals surface area contributed by atoms with E-state index in [0.717, 1.165) is 26.0 Å². The zero-order chi connectivity index (χ0) is 10.3. The lowest BCUT2D eigenvalue weighted by Crippen LogP contribution is -2.49. The van der Waals surface area contributed by atoms with Gasteiger partial charge in [-0.15, -0.1) is 0 Å². The van der Waals surface area contributed by atoms with Gasteiger partial charge in [-0.05, 0) is 12.8 Å². The predicted molar refractivity (Wildman–Crippen MR) is 57.4 cm³/mol. The van der Waals surface area contributed by atoms with Gasteiger partial charge in [0, 0.05) is 19.2 Å². The molecule has 0 aromatic carbocycles. The molecule has 0 bridgehead atoms. The summed E-state index contributed by atoms with van der Waals surface area (Å²) in [7, 11) is 1.71. The quantitative estimate of drug-likeness (QED) is 0.520. The Morgan fingerprint density at radius 2 is 1.86 bits per heavy atom. The molecule has 0 amide bonds. The Morgan fingerprint density at radius 3 is 2.36 bits per heavy atom. The normalized spacial score (nSPS) is 21.9. The van der Waals surface area contributed by atoms with Gasteiger partial charge >= 0.3 is 0 Å². The first kappa shape index (κ1) is 12.0. The summed E-state index contributed by atoms with van der Waals surface area (Å²) in [5.74, 6) is 0. The van der Waals surface area contributed by atoms with E-state index in [1.54, 1.807) is 7.11 Å². The van der Waals surface area contributed by atoms with Gasteiger partial charge in [0.2, 0.25) is 0 Å². The second kappa shape index (κ2) is 6.38. The minimum atomic E-state index is -0.0188. The second-order valence-corrected chi connectivity index (χ2v) is 4.27. The summed E-state index contributed by atoms with van der Waals surface area (Å²) in [5.41, 5.74) is -0.0188. The average Bonchev–Trinajstić information content (AvgIpc) is 2.45. The van der Waals surface area contributed by atoms with Gasteiger partial charge in [-0.1, -0.05) is 25.7 Å². The van der Waals surface area contributed by atoms with Crippen LogP contribution in [0.4, 0.5) is 0 Å². The number of nitrogens with one attached hydrogen (secondary N) is 1. The van der Waals surface area contributed by atoms with Gasteiger partial charge in [-0.3, -0.25) is 0 Å². The van der Waals surface area contributed by atoms with Crippen LogP contribution in [0.5, 0.6) is 0 Å². The number of aliphatic hydroxyl groups is 1. The van der Waals surface area contributed by atoms with Crippen molar-refractivity contribution < 1.29 is 9.84 Å². The standard InChI is InChI=1S/C11H23NO2/c1-14-9-8-12-11(10-13)6-4-2-3-5-7-11/h12-13H,2-10H2,1H3. The molecule has 0 radical (unpaired) electrons. The Balaban J connectivity index is 2.37. The largest absolute Gasteiger partial charge is 0.394 e. The molecule has 0 aromatic heterocycles. The van der Waals surface area contributed by atoms with Crippen LogP contribution in [0.2, 0.25) is 0 Å². The zero-order valence-corrected chi connectivity index (χ0v) is 9.22. The van der Waals surface area contributed by atoms with Crippen LogP contribution in [-0.4, -0.2) is 37.5 Å². The fourth-order valence-corrected chi connectivity index (χ4v) is 2.21. The number of ether oxygens (including phenoxy) is 1. The lowest BCUT2D eigenvalue weighted by Gasteiger charge is -2.32. The minimum absolute atomic E-state index is 0.0188. The molecule has 0 aliphatic heterocycles. The predicted octanol–water partition coefficient (Wildman–Crippen LogP) is 1.31. The van der Waals surface area contributed by atoms with Crippen LogP contribution >= 0.6 is 0 Å². The maximum Gasteiger partial charge on any atom is 0.0613 e. The highest BCUT2D eigenvalue weighted by Gasteiger charge is 2.28. The summed E-state index contributed by atoms with van der Waals surface area (Å²) < 4.78 is 5.01. The van der Waals surface area contributed by atoms with Gasteiger partial charge in [0.1, 0.15) is 0 Å². The number of methoxy groups -OCH3 is 1. The van der Waals surface area contributed by atoms with E-state index in [1.807, 2.05) is 0 Å². The van der Waals surface area contributed by atoms with E-state index in [0.29, 0.717) is 0 Å².